The third-order valence-electron chi connectivity index (χ3n) is 3.38. The van der Waals surface area contributed by atoms with E-state index in [1.807, 2.05) is 17.7 Å². The van der Waals surface area contributed by atoms with Crippen molar-refractivity contribution in [3.63, 3.8) is 0 Å². The molecule has 0 radical (unpaired) electrons. The summed E-state index contributed by atoms with van der Waals surface area (Å²) in [5.74, 6) is 0. The summed E-state index contributed by atoms with van der Waals surface area (Å²) in [6, 6.07) is 10.4. The topological polar surface area (TPSA) is 29.9 Å². The maximum absolute atomic E-state index is 6.41. The van der Waals surface area contributed by atoms with Gasteiger partial charge in [0.15, 0.2) is 0 Å². The van der Waals surface area contributed by atoms with Gasteiger partial charge < -0.3 is 5.32 Å². The lowest BCUT2D eigenvalue weighted by Crippen LogP contribution is -2.13. The molecule has 0 unspecified atom stereocenters. The van der Waals surface area contributed by atoms with Crippen molar-refractivity contribution in [1.29, 1.82) is 0 Å². The minimum atomic E-state index is 0.756. The van der Waals surface area contributed by atoms with Crippen LogP contribution in [0.2, 0.25) is 5.15 Å². The molecule has 0 bridgehead atoms. The van der Waals surface area contributed by atoms with Crippen molar-refractivity contribution in [2.24, 2.45) is 0 Å². The van der Waals surface area contributed by atoms with Crippen molar-refractivity contribution in [3.05, 3.63) is 52.3 Å². The average Bonchev–Trinajstić information content (AvgIpc) is 2.73. The van der Waals surface area contributed by atoms with Gasteiger partial charge in [-0.05, 0) is 18.9 Å². The second-order valence-electron chi connectivity index (χ2n) is 5.02. The van der Waals surface area contributed by atoms with Crippen molar-refractivity contribution in [3.8, 4) is 0 Å². The van der Waals surface area contributed by atoms with Gasteiger partial charge in [-0.2, -0.15) is 5.10 Å². The van der Waals surface area contributed by atoms with E-state index in [0.717, 1.165) is 48.9 Å². The maximum Gasteiger partial charge on any atom is 0.131 e. The number of benzene rings is 1. The van der Waals surface area contributed by atoms with Crippen LogP contribution in [0.5, 0.6) is 0 Å². The van der Waals surface area contributed by atoms with Crippen LogP contribution >= 0.6 is 11.6 Å². The van der Waals surface area contributed by atoms with E-state index in [1.165, 1.54) is 5.56 Å². The van der Waals surface area contributed by atoms with E-state index >= 15 is 0 Å². The molecule has 0 aliphatic rings. The Morgan fingerprint density at radius 2 is 1.95 bits per heavy atom. The highest BCUT2D eigenvalue weighted by atomic mass is 35.5. The predicted octanol–water partition coefficient (Wildman–Crippen LogP) is 3.93. The summed E-state index contributed by atoms with van der Waals surface area (Å²) in [5.41, 5.74) is 3.41. The Labute approximate surface area is 126 Å². The van der Waals surface area contributed by atoms with E-state index in [0.29, 0.717) is 0 Å². The van der Waals surface area contributed by atoms with Gasteiger partial charge in [-0.3, -0.25) is 4.68 Å². The molecule has 0 saturated heterocycles. The summed E-state index contributed by atoms with van der Waals surface area (Å²) in [7, 11) is 0. The van der Waals surface area contributed by atoms with Crippen LogP contribution in [0.4, 0.5) is 0 Å². The van der Waals surface area contributed by atoms with Gasteiger partial charge in [0, 0.05) is 25.2 Å². The third-order valence-corrected chi connectivity index (χ3v) is 3.80. The molecule has 2 aromatic rings. The Balaban J connectivity index is 1.94. The van der Waals surface area contributed by atoms with Crippen LogP contribution in [0.25, 0.3) is 0 Å². The highest BCUT2D eigenvalue weighted by Gasteiger charge is 2.12. The molecule has 1 aromatic carbocycles. The second kappa shape index (κ2) is 7.46. The first-order valence-corrected chi connectivity index (χ1v) is 7.56. The molecule has 0 aliphatic heterocycles. The van der Waals surface area contributed by atoms with Gasteiger partial charge in [0.1, 0.15) is 5.15 Å². The highest BCUT2D eigenvalue weighted by Crippen LogP contribution is 2.20. The summed E-state index contributed by atoms with van der Waals surface area (Å²) in [5, 5.41) is 8.72. The fraction of sp³-hybridized carbons (Fsp3) is 0.438. The first-order valence-electron chi connectivity index (χ1n) is 7.18. The molecule has 0 atom stereocenters. The van der Waals surface area contributed by atoms with E-state index in [1.54, 1.807) is 0 Å². The maximum atomic E-state index is 6.41. The number of nitrogens with one attached hydrogen (secondary N) is 1. The summed E-state index contributed by atoms with van der Waals surface area (Å²) in [4.78, 5) is 0. The fourth-order valence-electron chi connectivity index (χ4n) is 2.17. The SMILES string of the molecule is CCCCn1nc(C)c(CNCc2ccccc2)c1Cl. The van der Waals surface area contributed by atoms with Gasteiger partial charge in [-0.1, -0.05) is 55.3 Å². The standard InChI is InChI=1S/C16H22ClN3/c1-3-4-10-20-16(17)15(13(2)19-20)12-18-11-14-8-6-5-7-9-14/h5-9,18H,3-4,10-12H2,1-2H3. The molecule has 20 heavy (non-hydrogen) atoms. The largest absolute Gasteiger partial charge is 0.308 e. The van der Waals surface area contributed by atoms with Crippen LogP contribution in [-0.2, 0) is 19.6 Å². The molecule has 0 aliphatic carbocycles. The van der Waals surface area contributed by atoms with E-state index < -0.39 is 0 Å². The molecule has 0 fully saturated rings. The highest BCUT2D eigenvalue weighted by molar-refractivity contribution is 6.30. The molecule has 1 heterocycles. The van der Waals surface area contributed by atoms with Gasteiger partial charge in [0.25, 0.3) is 0 Å². The molecule has 3 nitrogen and oxygen atoms in total. The minimum absolute atomic E-state index is 0.756. The van der Waals surface area contributed by atoms with Crippen LogP contribution in [0, 0.1) is 6.92 Å². The Morgan fingerprint density at radius 3 is 2.65 bits per heavy atom. The molecule has 1 N–H and O–H groups in total. The smallest absolute Gasteiger partial charge is 0.131 e. The van der Waals surface area contributed by atoms with Gasteiger partial charge in [0.05, 0.1) is 5.69 Å². The number of nitrogens with zero attached hydrogens (tertiary/aromatic N) is 2. The number of hydrogen-bond donors (Lipinski definition) is 1. The summed E-state index contributed by atoms with van der Waals surface area (Å²) in [6.45, 7) is 6.69. The first kappa shape index (κ1) is 15.1. The fourth-order valence-corrected chi connectivity index (χ4v) is 2.50. The van der Waals surface area contributed by atoms with Crippen LogP contribution in [0.15, 0.2) is 30.3 Å². The molecule has 4 heteroatoms. The van der Waals surface area contributed by atoms with Crippen molar-refractivity contribution >= 4 is 11.6 Å². The Bertz CT molecular complexity index is 534. The quantitative estimate of drug-likeness (QED) is 0.837. The lowest BCUT2D eigenvalue weighted by atomic mass is 10.2. The molecule has 2 rings (SSSR count). The molecule has 0 spiro atoms. The van der Waals surface area contributed by atoms with Crippen molar-refractivity contribution in [2.75, 3.05) is 0 Å². The van der Waals surface area contributed by atoms with Crippen LogP contribution in [0.3, 0.4) is 0 Å². The third kappa shape index (κ3) is 3.84. The van der Waals surface area contributed by atoms with Crippen molar-refractivity contribution < 1.29 is 0 Å². The molecule has 1 aromatic heterocycles. The van der Waals surface area contributed by atoms with Crippen molar-refractivity contribution in [1.82, 2.24) is 15.1 Å². The number of halogens is 1. The average molecular weight is 292 g/mol. The zero-order chi connectivity index (χ0) is 14.4. The molecule has 0 amide bonds. The number of rotatable bonds is 7. The second-order valence-corrected chi connectivity index (χ2v) is 5.38. The summed E-state index contributed by atoms with van der Waals surface area (Å²) < 4.78 is 1.92. The van der Waals surface area contributed by atoms with E-state index in [9.17, 15) is 0 Å². The first-order chi connectivity index (χ1) is 9.72. The number of aryl methyl sites for hydroxylation is 2. The lowest BCUT2D eigenvalue weighted by molar-refractivity contribution is 0.568. The molecular weight excluding hydrogens is 270 g/mol. The van der Waals surface area contributed by atoms with Crippen LogP contribution in [-0.4, -0.2) is 9.78 Å². The summed E-state index contributed by atoms with van der Waals surface area (Å²) in [6.07, 6.45) is 2.26. The van der Waals surface area contributed by atoms with E-state index in [2.05, 4.69) is 41.6 Å². The minimum Gasteiger partial charge on any atom is -0.308 e. The Kier molecular flexibility index (Phi) is 5.62. The Morgan fingerprint density at radius 1 is 1.20 bits per heavy atom. The van der Waals surface area contributed by atoms with E-state index in [-0.39, 0.29) is 0 Å². The molecular formula is C16H22ClN3. The number of unbranched alkanes of at least 4 members (excludes halogenated alkanes) is 1. The number of aromatic nitrogens is 2. The van der Waals surface area contributed by atoms with Gasteiger partial charge in [-0.15, -0.1) is 0 Å². The van der Waals surface area contributed by atoms with Gasteiger partial charge >= 0.3 is 0 Å². The van der Waals surface area contributed by atoms with Crippen molar-refractivity contribution in [2.45, 2.75) is 46.3 Å². The summed E-state index contributed by atoms with van der Waals surface area (Å²) >= 11 is 6.41. The van der Waals surface area contributed by atoms with Crippen LogP contribution in [0.1, 0.15) is 36.6 Å². The van der Waals surface area contributed by atoms with Gasteiger partial charge in [0.2, 0.25) is 0 Å². The Hall–Kier alpha value is -1.32. The zero-order valence-corrected chi connectivity index (χ0v) is 13.0. The zero-order valence-electron chi connectivity index (χ0n) is 12.2. The van der Waals surface area contributed by atoms with Crippen LogP contribution < -0.4 is 5.32 Å². The lowest BCUT2D eigenvalue weighted by Gasteiger charge is -2.05. The monoisotopic (exact) mass is 291 g/mol. The molecule has 0 saturated carbocycles. The van der Waals surface area contributed by atoms with E-state index in [4.69, 9.17) is 11.6 Å². The normalized spacial score (nSPS) is 10.9. The molecule has 108 valence electrons. The van der Waals surface area contributed by atoms with Gasteiger partial charge in [-0.25, -0.2) is 0 Å². The predicted molar refractivity (Wildman–Crippen MR) is 83.9 cm³/mol. The number of hydrogen-bond acceptors (Lipinski definition) is 2.